The minimum atomic E-state index is -3.67. The molecule has 10 aromatic rings. The lowest BCUT2D eigenvalue weighted by molar-refractivity contribution is -0.385. The second-order valence-electron chi connectivity index (χ2n) is 29.3. The van der Waals surface area contributed by atoms with Crippen LogP contribution in [0.5, 0.6) is 0 Å². The Hall–Kier alpha value is -10.1. The average molecular weight is 1740 g/mol. The Bertz CT molecular complexity index is 4320. The fraction of sp³-hybridized carbons (Fsp3) is 0.323. The SMILES string of the molecule is C=CC.CC(C)(C)C.CCC.CCC.CCc1c(F)c(F)c(F)c(F)c1F.CCc1ccccc1.CP(=O)(c1ccccc1)c1ccccc1.CS(=O)(=O)O.C[Si](C)(C)C.Cc1ccccc1.NOC(=O)c1ccc([N+](=O)[O-])cc1.NOC(c1ccccc1)(c1ccccc1)c1ccccc1.NOC1CCCCO1.NOCc1ccc([N+](=O)[O-])cc1. The molecule has 0 aromatic heterocycles. The smallest absolute Gasteiger partial charge is 0.356 e. The van der Waals surface area contributed by atoms with Crippen LogP contribution < -0.4 is 34.2 Å². The maximum Gasteiger partial charge on any atom is 0.356 e. The van der Waals surface area contributed by atoms with Crippen molar-refractivity contribution in [2.24, 2.45) is 29.0 Å². The standard InChI is InChI=1S/C19H17NO.C13H13OP.C8H5F5.C8H10.C7H6N2O4.C7H8N2O3.C7H8.C5H11NO2.C5H12.C4H12Si.2C3H8.C3H6.CH4O3S/c20-21-19(16-10-4-1-5-11-16,17-12-6-2-7-13-17)18-14-8-3-9-15-18;1-15(14,12-8-4-2-5-9-12)13-10-6-3-7-11-13;1-2-3-4(9)6(11)8(13)7(12)5(3)10;1-2-8-6-4-3-5-7-8;8-13-7(10)5-1-3-6(4-2-5)9(11)12;8-12-5-6-1-3-7(4-2-6)9(10)11;1-7-5-3-2-4-6-7;6-8-5-3-1-2-4-7-5;2*1-5(2,3)4;3*1-3-2;1-5(2,3)4/h1-15H,20H2;2-11H,1H3;2H2,1H3;3-7H,2H2,1H3;1-4H,8H2;1-4H,5,8H2;2-6H,1H3;5H,1-4,6H2;2*1-4H3;2*3H2,1-2H3;3H,1H2,2H3;1H3,(H,2,3,4). The molecule has 9 N–H and O–H groups in total. The lowest BCUT2D eigenvalue weighted by Crippen LogP contribution is -2.35. The number of non-ortho nitro benzene ring substituents is 2. The van der Waals surface area contributed by atoms with E-state index < -0.39 is 81.4 Å². The number of carbonyl (C=O) groups is 1. The van der Waals surface area contributed by atoms with Crippen LogP contribution in [0.1, 0.15) is 158 Å². The van der Waals surface area contributed by atoms with Crippen molar-refractivity contribution in [3.8, 4) is 0 Å². The molecule has 121 heavy (non-hydrogen) atoms. The van der Waals surface area contributed by atoms with E-state index in [1.54, 1.807) is 18.2 Å². The molecule has 664 valence electrons. The van der Waals surface area contributed by atoms with Gasteiger partial charge in [-0.25, -0.2) is 44.4 Å². The summed E-state index contributed by atoms with van der Waals surface area (Å²) in [5.74, 6) is 9.99. The number of ether oxygens (including phenoxy) is 1. The molecule has 1 fully saturated rings. The number of rotatable bonds is 14. The summed E-state index contributed by atoms with van der Waals surface area (Å²) < 4.78 is 106. The average Bonchev–Trinajstić information content (AvgIpc) is 0.761. The summed E-state index contributed by atoms with van der Waals surface area (Å²) in [6.07, 6.45) is 8.97. The topological polar surface area (TPSA) is 325 Å². The first-order chi connectivity index (χ1) is 57.0. The number of nitrogens with zero attached hydrogens (tertiary/aromatic N) is 2. The lowest BCUT2D eigenvalue weighted by Gasteiger charge is -2.33. The van der Waals surface area contributed by atoms with Gasteiger partial charge < -0.3 is 14.1 Å². The molecule has 1 heterocycles. The number of nitro benzene ring substituents is 2. The van der Waals surface area contributed by atoms with Crippen LogP contribution in [-0.4, -0.2) is 62.7 Å². The molecule has 1 atom stereocenters. The van der Waals surface area contributed by atoms with Crippen molar-refractivity contribution in [3.05, 3.63) is 367 Å². The van der Waals surface area contributed by atoms with Crippen molar-refractivity contribution < 1.29 is 78.2 Å². The van der Waals surface area contributed by atoms with Gasteiger partial charge in [-0.2, -0.15) is 14.3 Å². The largest absolute Gasteiger partial charge is 0.370 e. The van der Waals surface area contributed by atoms with E-state index in [2.05, 4.69) is 159 Å². The highest BCUT2D eigenvalue weighted by Gasteiger charge is 2.37. The summed E-state index contributed by atoms with van der Waals surface area (Å²) in [6.45, 7) is 40.2. The molecule has 1 aliphatic heterocycles. The van der Waals surface area contributed by atoms with E-state index in [0.717, 1.165) is 58.7 Å². The van der Waals surface area contributed by atoms with Gasteiger partial charge in [-0.15, -0.1) is 6.58 Å². The molecule has 0 amide bonds. The van der Waals surface area contributed by atoms with Gasteiger partial charge in [0.1, 0.15) is 7.14 Å². The van der Waals surface area contributed by atoms with E-state index in [0.29, 0.717) is 11.7 Å². The van der Waals surface area contributed by atoms with Gasteiger partial charge in [-0.3, -0.25) is 39.3 Å². The zero-order valence-electron chi connectivity index (χ0n) is 73.3. The molecule has 0 radical (unpaired) electrons. The minimum absolute atomic E-state index is 0.0655. The van der Waals surface area contributed by atoms with Crippen molar-refractivity contribution in [1.82, 2.24) is 0 Å². The predicted molar refractivity (Wildman–Crippen MR) is 486 cm³/mol. The van der Waals surface area contributed by atoms with Gasteiger partial charge in [-0.05, 0) is 104 Å². The van der Waals surface area contributed by atoms with Crippen molar-refractivity contribution in [2.45, 2.75) is 173 Å². The number of hydrogen-bond donors (Lipinski definition) is 5. The van der Waals surface area contributed by atoms with E-state index in [-0.39, 0.29) is 36.3 Å². The fourth-order valence-corrected chi connectivity index (χ4v) is 10.7. The number of halogens is 5. The van der Waals surface area contributed by atoms with E-state index in [1.165, 1.54) is 73.7 Å². The summed E-state index contributed by atoms with van der Waals surface area (Å²) >= 11 is 0. The van der Waals surface area contributed by atoms with Crippen molar-refractivity contribution >= 4 is 53.3 Å². The quantitative estimate of drug-likeness (QED) is 0.00645. The maximum atomic E-state index is 12.7. The van der Waals surface area contributed by atoms with Gasteiger partial charge in [0.25, 0.3) is 21.5 Å². The Morgan fingerprint density at radius 3 is 1.08 bits per heavy atom. The zero-order chi connectivity index (χ0) is 92.6. The normalized spacial score (nSPS) is 11.5. The third kappa shape index (κ3) is 54.0. The summed E-state index contributed by atoms with van der Waals surface area (Å²) in [4.78, 5) is 48.6. The van der Waals surface area contributed by atoms with Gasteiger partial charge in [0.05, 0.1) is 28.3 Å². The first kappa shape index (κ1) is 115. The predicted octanol–water partition coefficient (Wildman–Crippen LogP) is 23.2. The molecule has 0 saturated carbocycles. The number of hydrogen-bond acceptors (Lipinski definition) is 17. The van der Waals surface area contributed by atoms with Crippen molar-refractivity contribution in [2.75, 3.05) is 19.5 Å². The van der Waals surface area contributed by atoms with Crippen LogP contribution in [0.15, 0.2) is 274 Å². The molecular formula is C93H128F5N6O14PSSi. The Kier molecular flexibility index (Phi) is 62.4. The van der Waals surface area contributed by atoms with Gasteiger partial charge in [0.15, 0.2) is 35.2 Å². The van der Waals surface area contributed by atoms with Crippen LogP contribution in [-0.2, 0) is 63.8 Å². The third-order valence-corrected chi connectivity index (χ3v) is 16.7. The van der Waals surface area contributed by atoms with Gasteiger partial charge in [0, 0.05) is 61.5 Å². The van der Waals surface area contributed by atoms with E-state index in [4.69, 9.17) is 31.8 Å². The minimum Gasteiger partial charge on any atom is -0.370 e. The molecule has 1 aliphatic rings. The number of carbonyl (C=O) groups excluding carboxylic acids is 1. The summed E-state index contributed by atoms with van der Waals surface area (Å²) in [5, 5.41) is 22.3. The van der Waals surface area contributed by atoms with E-state index in [9.17, 15) is 60.0 Å². The Balaban J connectivity index is -0.00000129. The highest BCUT2D eigenvalue weighted by molar-refractivity contribution is 7.85. The molecule has 0 bridgehead atoms. The fourth-order valence-electron chi connectivity index (χ4n) is 8.92. The Morgan fingerprint density at radius 1 is 0.554 bits per heavy atom. The first-order valence-corrected chi connectivity index (χ1v) is 46.9. The van der Waals surface area contributed by atoms with E-state index in [1.807, 2.05) is 190 Å². The lowest BCUT2D eigenvalue weighted by atomic mass is 9.80. The molecule has 1 unspecified atom stereocenters. The van der Waals surface area contributed by atoms with E-state index >= 15 is 0 Å². The van der Waals surface area contributed by atoms with Crippen molar-refractivity contribution in [1.29, 1.82) is 0 Å². The monoisotopic (exact) mass is 1740 g/mol. The highest BCUT2D eigenvalue weighted by Crippen LogP contribution is 2.40. The zero-order valence-corrected chi connectivity index (χ0v) is 76.0. The number of benzene rings is 10. The van der Waals surface area contributed by atoms with Crippen LogP contribution >= 0.6 is 7.14 Å². The number of aryl methyl sites for hydroxylation is 2. The Labute approximate surface area is 716 Å². The van der Waals surface area contributed by atoms with Crippen LogP contribution in [0.4, 0.5) is 33.3 Å². The summed E-state index contributed by atoms with van der Waals surface area (Å²) in [7, 11) is -6.68. The molecule has 0 spiro atoms. The Morgan fingerprint density at radius 2 is 0.851 bits per heavy atom. The molecule has 20 nitrogen and oxygen atoms in total. The van der Waals surface area contributed by atoms with Crippen molar-refractivity contribution in [3.63, 3.8) is 0 Å². The highest BCUT2D eigenvalue weighted by atomic mass is 32.2. The molecule has 1 saturated heterocycles. The van der Waals surface area contributed by atoms with Crippen LogP contribution in [0.3, 0.4) is 0 Å². The second kappa shape index (κ2) is 65.6. The molecule has 11 rings (SSSR count). The second-order valence-corrected chi connectivity index (χ2v) is 39.7. The molecule has 28 heteroatoms. The molecule has 0 aliphatic carbocycles. The maximum absolute atomic E-state index is 12.7. The van der Waals surface area contributed by atoms with Crippen LogP contribution in [0.2, 0.25) is 26.2 Å². The molecule has 10 aromatic carbocycles. The van der Waals surface area contributed by atoms with Crippen LogP contribution in [0.25, 0.3) is 0 Å². The first-order valence-electron chi connectivity index (χ1n) is 38.9. The van der Waals surface area contributed by atoms with Gasteiger partial charge in [0.2, 0.25) is 5.82 Å². The third-order valence-electron chi connectivity index (χ3n) is 14.2. The number of nitrogens with two attached hydrogens (primary N) is 4. The number of nitro groups is 2. The van der Waals surface area contributed by atoms with Crippen LogP contribution in [0, 0.1) is 61.7 Å². The summed E-state index contributed by atoms with van der Waals surface area (Å²) in [5.41, 5.74) is 5.62. The molecular weight excluding hydrogens is 1610 g/mol. The van der Waals surface area contributed by atoms with Gasteiger partial charge in [-0.1, -0.05) is 332 Å². The summed E-state index contributed by atoms with van der Waals surface area (Å²) in [6, 6.07) is 81.1. The van der Waals surface area contributed by atoms with Gasteiger partial charge >= 0.3 is 5.97 Å². The number of allylic oxidation sites excluding steroid dienone is 1.